The number of rotatable bonds is 5. The molecule has 4 nitrogen and oxygen atoms in total. The fraction of sp³-hybridized carbons (Fsp3) is 0.200. The van der Waals surface area contributed by atoms with Crippen LogP contribution >= 0.6 is 0 Å². The lowest BCUT2D eigenvalue weighted by atomic mass is 10.3. The first-order valence-corrected chi connectivity index (χ1v) is 6.09. The molecule has 0 aliphatic heterocycles. The SMILES string of the molecule is C=C\C=C(O)/C(=C\C=C/C)n1ccc(C=O)n1.CC. The van der Waals surface area contributed by atoms with E-state index in [1.54, 1.807) is 24.4 Å². The molecule has 0 bridgehead atoms. The molecule has 0 fully saturated rings. The van der Waals surface area contributed by atoms with Gasteiger partial charge in [-0.3, -0.25) is 4.79 Å². The van der Waals surface area contributed by atoms with E-state index < -0.39 is 0 Å². The van der Waals surface area contributed by atoms with Crippen molar-refractivity contribution >= 4 is 12.0 Å². The molecule has 1 rings (SSSR count). The van der Waals surface area contributed by atoms with Crippen LogP contribution in [0.15, 0.2) is 55.0 Å². The number of nitrogens with zero attached hydrogens (tertiary/aromatic N) is 2. The predicted molar refractivity (Wildman–Crippen MR) is 79.0 cm³/mol. The highest BCUT2D eigenvalue weighted by molar-refractivity contribution is 5.72. The van der Waals surface area contributed by atoms with Crippen molar-refractivity contribution in [2.45, 2.75) is 20.8 Å². The average molecular weight is 260 g/mol. The standard InChI is InChI=1S/C13H14N2O2.C2H6/c1-3-5-7-12(13(17)6-4-2)15-9-8-11(10-16)14-15;1-2/h3-10,17H,2H2,1H3;1-2H3/b5-3-,12-7+,13-6+;. The van der Waals surface area contributed by atoms with Gasteiger partial charge in [0.1, 0.15) is 17.2 Å². The Labute approximate surface area is 114 Å². The Balaban J connectivity index is 0.00000154. The quantitative estimate of drug-likeness (QED) is 0.498. The minimum Gasteiger partial charge on any atom is -0.506 e. The molecule has 1 aromatic heterocycles. The molecule has 0 aliphatic rings. The Bertz CT molecular complexity index is 494. The van der Waals surface area contributed by atoms with Crippen molar-refractivity contribution in [3.8, 4) is 0 Å². The zero-order valence-electron chi connectivity index (χ0n) is 11.6. The molecule has 0 aromatic carbocycles. The lowest BCUT2D eigenvalue weighted by molar-refractivity contribution is 0.111. The summed E-state index contributed by atoms with van der Waals surface area (Å²) in [5.74, 6) is 0.0265. The van der Waals surface area contributed by atoms with Crippen LogP contribution in [0.25, 0.3) is 5.70 Å². The van der Waals surface area contributed by atoms with Gasteiger partial charge in [0.2, 0.25) is 0 Å². The summed E-state index contributed by atoms with van der Waals surface area (Å²) in [4.78, 5) is 10.5. The van der Waals surface area contributed by atoms with Crippen LogP contribution in [-0.4, -0.2) is 21.2 Å². The third-order valence-corrected chi connectivity index (χ3v) is 1.96. The van der Waals surface area contributed by atoms with Crippen LogP contribution in [0.3, 0.4) is 0 Å². The highest BCUT2D eigenvalue weighted by Crippen LogP contribution is 2.13. The molecule has 19 heavy (non-hydrogen) atoms. The number of aldehydes is 1. The van der Waals surface area contributed by atoms with Gasteiger partial charge in [0, 0.05) is 6.20 Å². The largest absolute Gasteiger partial charge is 0.506 e. The van der Waals surface area contributed by atoms with E-state index in [1.807, 2.05) is 26.8 Å². The molecule has 0 saturated heterocycles. The molecule has 0 radical (unpaired) electrons. The number of hydrogen-bond donors (Lipinski definition) is 1. The maximum absolute atomic E-state index is 10.5. The molecule has 0 saturated carbocycles. The highest BCUT2D eigenvalue weighted by atomic mass is 16.3. The minimum absolute atomic E-state index is 0.0265. The lowest BCUT2D eigenvalue weighted by Gasteiger charge is -2.05. The first kappa shape index (κ1) is 16.6. The first-order chi connectivity index (χ1) is 9.22. The second-order valence-corrected chi connectivity index (χ2v) is 3.17. The third kappa shape index (κ3) is 5.21. The van der Waals surface area contributed by atoms with Gasteiger partial charge in [-0.15, -0.1) is 0 Å². The van der Waals surface area contributed by atoms with E-state index in [1.165, 1.54) is 16.8 Å². The number of carbonyl (C=O) groups is 1. The van der Waals surface area contributed by atoms with Crippen molar-refractivity contribution in [3.05, 3.63) is 60.7 Å². The Morgan fingerprint density at radius 3 is 2.58 bits per heavy atom. The predicted octanol–water partition coefficient (Wildman–Crippen LogP) is 3.77. The van der Waals surface area contributed by atoms with Crippen molar-refractivity contribution in [2.75, 3.05) is 0 Å². The first-order valence-electron chi connectivity index (χ1n) is 6.09. The zero-order chi connectivity index (χ0) is 14.7. The molecule has 0 spiro atoms. The smallest absolute Gasteiger partial charge is 0.170 e. The molecule has 0 amide bonds. The fourth-order valence-electron chi connectivity index (χ4n) is 1.20. The number of hydrogen-bond acceptors (Lipinski definition) is 3. The molecule has 0 aliphatic carbocycles. The second-order valence-electron chi connectivity index (χ2n) is 3.17. The van der Waals surface area contributed by atoms with Gasteiger partial charge >= 0.3 is 0 Å². The van der Waals surface area contributed by atoms with E-state index in [0.29, 0.717) is 17.7 Å². The van der Waals surface area contributed by atoms with Crippen molar-refractivity contribution in [1.29, 1.82) is 0 Å². The second kappa shape index (κ2) is 9.65. The molecule has 0 unspecified atom stereocenters. The van der Waals surface area contributed by atoms with Gasteiger partial charge in [-0.05, 0) is 25.1 Å². The van der Waals surface area contributed by atoms with E-state index in [4.69, 9.17) is 0 Å². The van der Waals surface area contributed by atoms with E-state index in [2.05, 4.69) is 11.7 Å². The fourth-order valence-corrected chi connectivity index (χ4v) is 1.20. The van der Waals surface area contributed by atoms with Gasteiger partial charge < -0.3 is 5.11 Å². The van der Waals surface area contributed by atoms with Crippen LogP contribution < -0.4 is 0 Å². The van der Waals surface area contributed by atoms with Gasteiger partial charge in [-0.2, -0.15) is 5.10 Å². The summed E-state index contributed by atoms with van der Waals surface area (Å²) in [6, 6.07) is 1.57. The molecular weight excluding hydrogens is 240 g/mol. The van der Waals surface area contributed by atoms with Crippen molar-refractivity contribution in [2.24, 2.45) is 0 Å². The minimum atomic E-state index is 0.0265. The summed E-state index contributed by atoms with van der Waals surface area (Å²) >= 11 is 0. The van der Waals surface area contributed by atoms with E-state index in [-0.39, 0.29) is 5.76 Å². The van der Waals surface area contributed by atoms with Crippen LogP contribution in [0.4, 0.5) is 0 Å². The van der Waals surface area contributed by atoms with Crippen molar-refractivity contribution in [3.63, 3.8) is 0 Å². The number of aromatic nitrogens is 2. The summed E-state index contributed by atoms with van der Waals surface area (Å²) < 4.78 is 1.43. The molecule has 1 aromatic rings. The number of aliphatic hydroxyl groups is 1. The van der Waals surface area contributed by atoms with Crippen LogP contribution in [0.1, 0.15) is 31.3 Å². The van der Waals surface area contributed by atoms with Crippen LogP contribution in [-0.2, 0) is 0 Å². The van der Waals surface area contributed by atoms with Crippen molar-refractivity contribution < 1.29 is 9.90 Å². The summed E-state index contributed by atoms with van der Waals surface area (Å²) in [6.07, 6.45) is 10.5. The molecule has 4 heteroatoms. The van der Waals surface area contributed by atoms with E-state index in [0.717, 1.165) is 0 Å². The summed E-state index contributed by atoms with van der Waals surface area (Å²) in [5.41, 5.74) is 0.777. The van der Waals surface area contributed by atoms with Crippen LogP contribution in [0.2, 0.25) is 0 Å². The summed E-state index contributed by atoms with van der Waals surface area (Å²) in [7, 11) is 0. The molecule has 102 valence electrons. The van der Waals surface area contributed by atoms with Gasteiger partial charge in [-0.25, -0.2) is 4.68 Å². The maximum Gasteiger partial charge on any atom is 0.170 e. The topological polar surface area (TPSA) is 55.1 Å². The zero-order valence-corrected chi connectivity index (χ0v) is 11.6. The van der Waals surface area contributed by atoms with Crippen LogP contribution in [0.5, 0.6) is 0 Å². The number of allylic oxidation sites excluding steroid dienone is 6. The molecule has 0 atom stereocenters. The van der Waals surface area contributed by atoms with Gasteiger partial charge in [0.05, 0.1) is 0 Å². The maximum atomic E-state index is 10.5. The average Bonchev–Trinajstić information content (AvgIpc) is 2.90. The third-order valence-electron chi connectivity index (χ3n) is 1.96. The van der Waals surface area contributed by atoms with Gasteiger partial charge in [0.25, 0.3) is 0 Å². The van der Waals surface area contributed by atoms with Crippen LogP contribution in [0, 0.1) is 0 Å². The molecular formula is C15H20N2O2. The highest BCUT2D eigenvalue weighted by Gasteiger charge is 2.06. The summed E-state index contributed by atoms with van der Waals surface area (Å²) in [6.45, 7) is 9.37. The summed E-state index contributed by atoms with van der Waals surface area (Å²) in [5, 5.41) is 13.8. The van der Waals surface area contributed by atoms with Crippen molar-refractivity contribution in [1.82, 2.24) is 9.78 Å². The Morgan fingerprint density at radius 1 is 1.42 bits per heavy atom. The lowest BCUT2D eigenvalue weighted by Crippen LogP contribution is -2.01. The van der Waals surface area contributed by atoms with Gasteiger partial charge in [-0.1, -0.05) is 38.7 Å². The Morgan fingerprint density at radius 2 is 2.11 bits per heavy atom. The number of carbonyl (C=O) groups excluding carboxylic acids is 1. The molecule has 1 N–H and O–H groups in total. The Hall–Kier alpha value is -2.36. The number of aliphatic hydroxyl groups excluding tert-OH is 1. The molecule has 1 heterocycles. The van der Waals surface area contributed by atoms with E-state index >= 15 is 0 Å². The normalized spacial score (nSPS) is 11.9. The Kier molecular flexibility index (Phi) is 8.45. The van der Waals surface area contributed by atoms with E-state index in [9.17, 15) is 9.90 Å². The van der Waals surface area contributed by atoms with Gasteiger partial charge in [0.15, 0.2) is 6.29 Å². The monoisotopic (exact) mass is 260 g/mol.